The molecule has 5 nitrogen and oxygen atoms in total. The minimum Gasteiger partial charge on any atom is -0.591 e. The molecule has 0 aliphatic heterocycles. The second-order valence-electron chi connectivity index (χ2n) is 5.54. The van der Waals surface area contributed by atoms with Gasteiger partial charge in [-0.1, -0.05) is 12.1 Å². The summed E-state index contributed by atoms with van der Waals surface area (Å²) in [6.07, 6.45) is 0. The minimum absolute atomic E-state index is 0.199. The van der Waals surface area contributed by atoms with Crippen LogP contribution in [0.15, 0.2) is 52.9 Å². The lowest BCUT2D eigenvalue weighted by molar-refractivity contribution is 0.0998. The standard InChI is InChI=1S/C18H14N2O3/c1-10-7-12-8-13(5-6-14(12)19-10)20-18(22)16-9-11-3-2-4-15(21)17(11)23-16/h2-9,19,21H,1H3,(H,20,22)/p+1. The Balaban J connectivity index is 1.65. The first-order valence-electron chi connectivity index (χ1n) is 7.25. The molecule has 23 heavy (non-hydrogen) atoms. The van der Waals surface area contributed by atoms with E-state index in [0.717, 1.165) is 22.0 Å². The Morgan fingerprint density at radius 1 is 1.13 bits per heavy atom. The summed E-state index contributed by atoms with van der Waals surface area (Å²) in [7, 11) is 0. The smallest absolute Gasteiger partial charge is 0.298 e. The van der Waals surface area contributed by atoms with Gasteiger partial charge in [0.15, 0.2) is 5.76 Å². The van der Waals surface area contributed by atoms with E-state index in [-0.39, 0.29) is 17.4 Å². The predicted molar refractivity (Wildman–Crippen MR) is 90.3 cm³/mol. The molecule has 4 rings (SSSR count). The number of aryl methyl sites for hydroxylation is 1. The van der Waals surface area contributed by atoms with Crippen LogP contribution in [0.5, 0.6) is 5.75 Å². The van der Waals surface area contributed by atoms with E-state index in [1.807, 2.05) is 37.3 Å². The second-order valence-corrected chi connectivity index (χ2v) is 5.54. The topological polar surface area (TPSA) is 80.9 Å². The lowest BCUT2D eigenvalue weighted by Crippen LogP contribution is -2.10. The predicted octanol–water partition coefficient (Wildman–Crippen LogP) is 3.91. The van der Waals surface area contributed by atoms with Crippen molar-refractivity contribution in [3.05, 3.63) is 60.0 Å². The normalized spacial score (nSPS) is 11.2. The van der Waals surface area contributed by atoms with E-state index in [9.17, 15) is 4.79 Å². The summed E-state index contributed by atoms with van der Waals surface area (Å²) < 4.78 is 5.52. The molecule has 0 saturated carbocycles. The van der Waals surface area contributed by atoms with Crippen LogP contribution in [0.3, 0.4) is 0 Å². The van der Waals surface area contributed by atoms with Crippen LogP contribution in [-0.2, 0) is 0 Å². The lowest BCUT2D eigenvalue weighted by atomic mass is 10.2. The summed E-state index contributed by atoms with van der Waals surface area (Å²) in [6.45, 7) is 1.99. The van der Waals surface area contributed by atoms with Crippen molar-refractivity contribution in [2.45, 2.75) is 6.92 Å². The number of anilines is 1. The number of furan rings is 1. The molecule has 4 N–H and O–H groups in total. The van der Waals surface area contributed by atoms with E-state index in [0.29, 0.717) is 11.3 Å². The van der Waals surface area contributed by atoms with Crippen LogP contribution in [0.2, 0.25) is 0 Å². The van der Waals surface area contributed by atoms with Gasteiger partial charge in [-0.3, -0.25) is 4.79 Å². The molecule has 114 valence electrons. The quantitative estimate of drug-likeness (QED) is 0.550. The van der Waals surface area contributed by atoms with Crippen LogP contribution in [0, 0.1) is 6.92 Å². The van der Waals surface area contributed by atoms with Crippen molar-refractivity contribution >= 4 is 33.5 Å². The van der Waals surface area contributed by atoms with Crippen molar-refractivity contribution < 1.29 is 14.3 Å². The molecular weight excluding hydrogens is 292 g/mol. The fourth-order valence-electron chi connectivity index (χ4n) is 2.72. The maximum atomic E-state index is 12.4. The Kier molecular flexibility index (Phi) is 2.87. The van der Waals surface area contributed by atoms with Gasteiger partial charge in [0.1, 0.15) is 0 Å². The number of benzene rings is 2. The number of H-pyrrole nitrogens is 1. The zero-order chi connectivity index (χ0) is 16.0. The van der Waals surface area contributed by atoms with E-state index in [1.165, 1.54) is 0 Å². The van der Waals surface area contributed by atoms with Crippen LogP contribution >= 0.6 is 0 Å². The highest BCUT2D eigenvalue weighted by Crippen LogP contribution is 2.28. The number of carbonyl (C=O) groups is 1. The summed E-state index contributed by atoms with van der Waals surface area (Å²) in [5.74, 6) is 0.142. The van der Waals surface area contributed by atoms with Crippen molar-refractivity contribution in [3.8, 4) is 5.75 Å². The van der Waals surface area contributed by atoms with Gasteiger partial charge in [0.05, 0.1) is 0 Å². The van der Waals surface area contributed by atoms with Crippen molar-refractivity contribution in [3.63, 3.8) is 0 Å². The molecule has 1 amide bonds. The molecule has 0 bridgehead atoms. The van der Waals surface area contributed by atoms with E-state index >= 15 is 0 Å². The van der Waals surface area contributed by atoms with Gasteiger partial charge in [0, 0.05) is 33.7 Å². The van der Waals surface area contributed by atoms with E-state index in [4.69, 9.17) is 9.52 Å². The second kappa shape index (κ2) is 4.91. The lowest BCUT2D eigenvalue weighted by Gasteiger charge is -2.03. The van der Waals surface area contributed by atoms with Crippen LogP contribution in [-0.4, -0.2) is 16.0 Å². The highest BCUT2D eigenvalue weighted by Gasteiger charge is 2.16. The van der Waals surface area contributed by atoms with Gasteiger partial charge in [0.2, 0.25) is 5.58 Å². The number of nitrogens with one attached hydrogen (secondary N) is 2. The first-order chi connectivity index (χ1) is 11.1. The molecule has 0 aliphatic rings. The third-order valence-corrected chi connectivity index (χ3v) is 3.78. The number of rotatable bonds is 2. The molecule has 0 saturated heterocycles. The van der Waals surface area contributed by atoms with Gasteiger partial charge < -0.3 is 19.8 Å². The molecule has 4 aromatic rings. The number of para-hydroxylation sites is 1. The Hall–Kier alpha value is -3.21. The van der Waals surface area contributed by atoms with Crippen LogP contribution in [0.1, 0.15) is 16.2 Å². The molecule has 2 aromatic heterocycles. The molecule has 0 radical (unpaired) electrons. The fourth-order valence-corrected chi connectivity index (χ4v) is 2.72. The molecule has 2 aromatic carbocycles. The van der Waals surface area contributed by atoms with Gasteiger partial charge in [-0.2, -0.15) is 0 Å². The largest absolute Gasteiger partial charge is 0.591 e. The van der Waals surface area contributed by atoms with Gasteiger partial charge in [-0.15, -0.1) is 0 Å². The Morgan fingerprint density at radius 3 is 2.83 bits per heavy atom. The Morgan fingerprint density at radius 2 is 2.00 bits per heavy atom. The van der Waals surface area contributed by atoms with Crippen molar-refractivity contribution in [2.75, 3.05) is 5.32 Å². The van der Waals surface area contributed by atoms with Crippen molar-refractivity contribution in [1.82, 2.24) is 4.98 Å². The van der Waals surface area contributed by atoms with E-state index in [2.05, 4.69) is 10.3 Å². The third kappa shape index (κ3) is 2.32. The van der Waals surface area contributed by atoms with Crippen LogP contribution in [0.4, 0.5) is 5.69 Å². The fraction of sp³-hybridized carbons (Fsp3) is 0.0556. The summed E-state index contributed by atoms with van der Waals surface area (Å²) in [5.41, 5.74) is 3.23. The summed E-state index contributed by atoms with van der Waals surface area (Å²) in [6, 6.07) is 14.6. The van der Waals surface area contributed by atoms with Crippen LogP contribution < -0.4 is 5.32 Å². The summed E-state index contributed by atoms with van der Waals surface area (Å²) in [5, 5.41) is 12.4. The molecular formula is C18H15N2O3+. The molecule has 5 heteroatoms. The molecule has 2 heterocycles. The summed E-state index contributed by atoms with van der Waals surface area (Å²) in [4.78, 5) is 15.6. The Bertz CT molecular complexity index is 1040. The van der Waals surface area contributed by atoms with Crippen molar-refractivity contribution in [2.24, 2.45) is 0 Å². The number of aromatic nitrogens is 1. The van der Waals surface area contributed by atoms with E-state index < -0.39 is 0 Å². The van der Waals surface area contributed by atoms with E-state index in [1.54, 1.807) is 18.2 Å². The zero-order valence-corrected chi connectivity index (χ0v) is 12.4. The first-order valence-corrected chi connectivity index (χ1v) is 7.25. The molecule has 0 spiro atoms. The zero-order valence-electron chi connectivity index (χ0n) is 12.4. The number of amides is 1. The number of hydrogen-bond acceptors (Lipinski definition) is 2. The van der Waals surface area contributed by atoms with Crippen molar-refractivity contribution in [1.29, 1.82) is 0 Å². The minimum atomic E-state index is -0.327. The number of carbonyl (C=O) groups excluding carboxylic acids is 1. The first kappa shape index (κ1) is 13.5. The highest BCUT2D eigenvalue weighted by molar-refractivity contribution is 6.05. The SMILES string of the molecule is Cc1cc2cc(NC(=O)c3cc4cccc([OH2+])c4o3)ccc2[nH]1. The maximum Gasteiger partial charge on any atom is 0.298 e. The van der Waals surface area contributed by atoms with Gasteiger partial charge in [-0.25, -0.2) is 0 Å². The number of aromatic amines is 1. The van der Waals surface area contributed by atoms with Gasteiger partial charge >= 0.3 is 0 Å². The average molecular weight is 307 g/mol. The number of fused-ring (bicyclic) bond motifs is 2. The highest BCUT2D eigenvalue weighted by atomic mass is 16.4. The van der Waals surface area contributed by atoms with Crippen LogP contribution in [0.25, 0.3) is 21.9 Å². The molecule has 0 atom stereocenters. The number of hydrogen-bond donors (Lipinski definition) is 2. The molecule has 0 aliphatic carbocycles. The average Bonchev–Trinajstić information content (AvgIpc) is 3.10. The molecule has 0 fully saturated rings. The maximum absolute atomic E-state index is 12.4. The van der Waals surface area contributed by atoms with Gasteiger partial charge in [-0.05, 0) is 37.3 Å². The van der Waals surface area contributed by atoms with Gasteiger partial charge in [0.25, 0.3) is 11.7 Å². The Labute approximate surface area is 131 Å². The third-order valence-electron chi connectivity index (χ3n) is 3.78. The summed E-state index contributed by atoms with van der Waals surface area (Å²) >= 11 is 0. The monoisotopic (exact) mass is 307 g/mol. The molecule has 0 unspecified atom stereocenters.